The van der Waals surface area contributed by atoms with Crippen molar-refractivity contribution in [3.63, 3.8) is 0 Å². The van der Waals surface area contributed by atoms with Crippen molar-refractivity contribution in [2.75, 3.05) is 12.1 Å². The number of rotatable bonds is 4. The lowest BCUT2D eigenvalue weighted by atomic mass is 10.2. The molecule has 0 unspecified atom stereocenters. The van der Waals surface area contributed by atoms with Gasteiger partial charge in [0.15, 0.2) is 17.3 Å². The van der Waals surface area contributed by atoms with E-state index in [-0.39, 0.29) is 24.7 Å². The van der Waals surface area contributed by atoms with Crippen molar-refractivity contribution in [3.8, 4) is 11.5 Å². The lowest BCUT2D eigenvalue weighted by molar-refractivity contribution is 0.102. The van der Waals surface area contributed by atoms with E-state index in [1.54, 1.807) is 25.1 Å². The molecule has 0 atom stereocenters. The monoisotopic (exact) mass is 370 g/mol. The Bertz CT molecular complexity index is 1140. The summed E-state index contributed by atoms with van der Waals surface area (Å²) in [7, 11) is 0. The number of fused-ring (bicyclic) bond motifs is 1. The topological polar surface area (TPSA) is 128 Å². The third-order valence-electron chi connectivity index (χ3n) is 3.95. The molecule has 3 aromatic rings. The van der Waals surface area contributed by atoms with Gasteiger partial charge in [-0.2, -0.15) is 0 Å². The molecule has 10 heteroatoms. The molecule has 0 radical (unpaired) electrons. The SMILES string of the molecule is Cc1cc(NC(=O)c2c[nH]c(=O)n(Cc3ccc4c(c3)OCO4)c2=O)no1. The van der Waals surface area contributed by atoms with Crippen LogP contribution < -0.4 is 26.0 Å². The fraction of sp³-hybridized carbons (Fsp3) is 0.176. The summed E-state index contributed by atoms with van der Waals surface area (Å²) in [6.45, 7) is 1.76. The van der Waals surface area contributed by atoms with Crippen molar-refractivity contribution >= 4 is 11.7 Å². The van der Waals surface area contributed by atoms with Crippen molar-refractivity contribution in [2.24, 2.45) is 0 Å². The first kappa shape index (κ1) is 16.6. The van der Waals surface area contributed by atoms with Crippen LogP contribution in [0.5, 0.6) is 11.5 Å². The molecule has 10 nitrogen and oxygen atoms in total. The van der Waals surface area contributed by atoms with E-state index < -0.39 is 17.2 Å². The highest BCUT2D eigenvalue weighted by Gasteiger charge is 2.18. The summed E-state index contributed by atoms with van der Waals surface area (Å²) in [5.74, 6) is 1.10. The molecule has 27 heavy (non-hydrogen) atoms. The van der Waals surface area contributed by atoms with Crippen LogP contribution in [0.25, 0.3) is 0 Å². The molecule has 0 aliphatic carbocycles. The molecule has 3 heterocycles. The summed E-state index contributed by atoms with van der Waals surface area (Å²) >= 11 is 0. The summed E-state index contributed by atoms with van der Waals surface area (Å²) in [5, 5.41) is 6.09. The average Bonchev–Trinajstić information content (AvgIpc) is 3.26. The number of aromatic nitrogens is 3. The van der Waals surface area contributed by atoms with Crippen LogP contribution >= 0.6 is 0 Å². The molecule has 138 valence electrons. The Morgan fingerprint density at radius 3 is 2.85 bits per heavy atom. The number of H-pyrrole nitrogens is 1. The Morgan fingerprint density at radius 1 is 1.26 bits per heavy atom. The highest BCUT2D eigenvalue weighted by molar-refractivity contribution is 6.03. The molecule has 1 aromatic carbocycles. The van der Waals surface area contributed by atoms with Gasteiger partial charge in [0.1, 0.15) is 11.3 Å². The van der Waals surface area contributed by atoms with Crippen molar-refractivity contribution < 1.29 is 18.8 Å². The molecule has 2 aromatic heterocycles. The van der Waals surface area contributed by atoms with Crippen molar-refractivity contribution in [2.45, 2.75) is 13.5 Å². The fourth-order valence-electron chi connectivity index (χ4n) is 2.65. The van der Waals surface area contributed by atoms with Crippen molar-refractivity contribution in [3.05, 3.63) is 68.2 Å². The van der Waals surface area contributed by atoms with Crippen LogP contribution in [0.15, 0.2) is 44.6 Å². The van der Waals surface area contributed by atoms with Gasteiger partial charge in [-0.15, -0.1) is 0 Å². The number of benzene rings is 1. The van der Waals surface area contributed by atoms with E-state index in [1.807, 2.05) is 0 Å². The largest absolute Gasteiger partial charge is 0.454 e. The summed E-state index contributed by atoms with van der Waals surface area (Å²) in [4.78, 5) is 39.5. The molecule has 2 N–H and O–H groups in total. The zero-order chi connectivity index (χ0) is 19.0. The quantitative estimate of drug-likeness (QED) is 0.697. The number of nitrogens with zero attached hydrogens (tertiary/aromatic N) is 2. The summed E-state index contributed by atoms with van der Waals surface area (Å²) in [6.07, 6.45) is 1.07. The van der Waals surface area contributed by atoms with Gasteiger partial charge in [-0.25, -0.2) is 4.79 Å². The van der Waals surface area contributed by atoms with Gasteiger partial charge in [0.2, 0.25) is 6.79 Å². The highest BCUT2D eigenvalue weighted by Crippen LogP contribution is 2.32. The Kier molecular flexibility index (Phi) is 3.99. The Morgan fingerprint density at radius 2 is 2.07 bits per heavy atom. The highest BCUT2D eigenvalue weighted by atomic mass is 16.7. The maximum Gasteiger partial charge on any atom is 0.328 e. The summed E-state index contributed by atoms with van der Waals surface area (Å²) in [6, 6.07) is 6.60. The van der Waals surface area contributed by atoms with Crippen LogP contribution in [-0.4, -0.2) is 27.4 Å². The first-order valence-corrected chi connectivity index (χ1v) is 7.97. The molecule has 0 fully saturated rings. The molecular formula is C17H14N4O6. The second kappa shape index (κ2) is 6.48. The van der Waals surface area contributed by atoms with E-state index in [0.717, 1.165) is 10.8 Å². The van der Waals surface area contributed by atoms with Gasteiger partial charge in [0.25, 0.3) is 11.5 Å². The fourth-order valence-corrected chi connectivity index (χ4v) is 2.65. The number of aryl methyl sites for hydroxylation is 1. The molecule has 1 aliphatic rings. The number of carbonyl (C=O) groups excluding carboxylic acids is 1. The number of aromatic amines is 1. The van der Waals surface area contributed by atoms with Gasteiger partial charge in [0.05, 0.1) is 6.54 Å². The third-order valence-corrected chi connectivity index (χ3v) is 3.95. The molecule has 0 spiro atoms. The zero-order valence-corrected chi connectivity index (χ0v) is 14.1. The summed E-state index contributed by atoms with van der Waals surface area (Å²) in [5.41, 5.74) is -0.937. The van der Waals surface area contributed by atoms with Crippen LogP contribution in [-0.2, 0) is 6.54 Å². The second-order valence-electron chi connectivity index (χ2n) is 5.86. The molecule has 0 saturated heterocycles. The van der Waals surface area contributed by atoms with Gasteiger partial charge in [-0.1, -0.05) is 11.2 Å². The van der Waals surface area contributed by atoms with Gasteiger partial charge < -0.3 is 24.3 Å². The van der Waals surface area contributed by atoms with Gasteiger partial charge >= 0.3 is 5.69 Å². The molecule has 0 saturated carbocycles. The first-order chi connectivity index (χ1) is 13.0. The van der Waals surface area contributed by atoms with E-state index in [0.29, 0.717) is 22.8 Å². The number of carbonyl (C=O) groups is 1. The third kappa shape index (κ3) is 3.19. The van der Waals surface area contributed by atoms with Crippen LogP contribution in [0.2, 0.25) is 0 Å². The van der Waals surface area contributed by atoms with E-state index in [4.69, 9.17) is 14.0 Å². The number of amides is 1. The molecule has 1 amide bonds. The smallest absolute Gasteiger partial charge is 0.328 e. The lowest BCUT2D eigenvalue weighted by Crippen LogP contribution is -2.39. The maximum absolute atomic E-state index is 12.6. The van der Waals surface area contributed by atoms with E-state index in [2.05, 4.69) is 15.5 Å². The molecule has 1 aliphatic heterocycles. The second-order valence-corrected chi connectivity index (χ2v) is 5.86. The van der Waals surface area contributed by atoms with Crippen LogP contribution in [0, 0.1) is 6.92 Å². The lowest BCUT2D eigenvalue weighted by Gasteiger charge is -2.08. The standard InChI is InChI=1S/C17H14N4O6/c1-9-4-14(20-27-9)19-15(22)11-6-18-17(24)21(16(11)23)7-10-2-3-12-13(5-10)26-8-25-12/h2-6H,7-8H2,1H3,(H,18,24)(H,19,20,22). The molecule has 0 bridgehead atoms. The Balaban J connectivity index is 1.63. The maximum atomic E-state index is 12.6. The van der Waals surface area contributed by atoms with Crippen LogP contribution in [0.3, 0.4) is 0 Å². The zero-order valence-electron chi connectivity index (χ0n) is 14.1. The minimum absolute atomic E-state index is 0.0327. The Labute approximate surface area is 151 Å². The van der Waals surface area contributed by atoms with Crippen LogP contribution in [0.4, 0.5) is 5.82 Å². The first-order valence-electron chi connectivity index (χ1n) is 7.97. The predicted octanol–water partition coefficient (Wildman–Crippen LogP) is 0.862. The predicted molar refractivity (Wildman–Crippen MR) is 92.2 cm³/mol. The summed E-state index contributed by atoms with van der Waals surface area (Å²) < 4.78 is 16.3. The number of hydrogen-bond acceptors (Lipinski definition) is 7. The number of ether oxygens (including phenoxy) is 2. The van der Waals surface area contributed by atoms with Gasteiger partial charge in [0, 0.05) is 12.3 Å². The normalized spacial score (nSPS) is 12.2. The number of hydrogen-bond donors (Lipinski definition) is 2. The van der Waals surface area contributed by atoms with Gasteiger partial charge in [-0.05, 0) is 24.6 Å². The minimum Gasteiger partial charge on any atom is -0.454 e. The van der Waals surface area contributed by atoms with Crippen LogP contribution in [0.1, 0.15) is 21.7 Å². The number of anilines is 1. The number of nitrogens with one attached hydrogen (secondary N) is 2. The van der Waals surface area contributed by atoms with E-state index in [9.17, 15) is 14.4 Å². The van der Waals surface area contributed by atoms with Crippen molar-refractivity contribution in [1.29, 1.82) is 0 Å². The van der Waals surface area contributed by atoms with Crippen molar-refractivity contribution in [1.82, 2.24) is 14.7 Å². The van der Waals surface area contributed by atoms with Gasteiger partial charge in [-0.3, -0.25) is 14.2 Å². The molecular weight excluding hydrogens is 356 g/mol. The Hall–Kier alpha value is -3.82. The average molecular weight is 370 g/mol. The molecule has 4 rings (SSSR count). The minimum atomic E-state index is -0.728. The van der Waals surface area contributed by atoms with E-state index >= 15 is 0 Å². The van der Waals surface area contributed by atoms with E-state index in [1.165, 1.54) is 6.07 Å².